The number of halogens is 1. The number of amides is 1. The van der Waals surface area contributed by atoms with Crippen molar-refractivity contribution >= 4 is 24.3 Å². The van der Waals surface area contributed by atoms with Gasteiger partial charge in [0, 0.05) is 6.54 Å². The molecule has 20 heavy (non-hydrogen) atoms. The van der Waals surface area contributed by atoms with E-state index in [0.717, 1.165) is 12.3 Å². The minimum Gasteiger partial charge on any atom is -0.480 e. The van der Waals surface area contributed by atoms with Gasteiger partial charge in [0.25, 0.3) is 0 Å². The van der Waals surface area contributed by atoms with Crippen molar-refractivity contribution in [2.75, 3.05) is 20.1 Å². The molecule has 0 aromatic carbocycles. The lowest BCUT2D eigenvalue weighted by Crippen LogP contribution is -2.43. The van der Waals surface area contributed by atoms with Gasteiger partial charge in [0.15, 0.2) is 0 Å². The summed E-state index contributed by atoms with van der Waals surface area (Å²) in [5.74, 6) is -0.242. The van der Waals surface area contributed by atoms with Gasteiger partial charge in [-0.05, 0) is 26.3 Å². The molecule has 0 spiro atoms. The van der Waals surface area contributed by atoms with Gasteiger partial charge < -0.3 is 10.4 Å². The van der Waals surface area contributed by atoms with E-state index in [1.807, 2.05) is 0 Å². The Morgan fingerprint density at radius 3 is 2.45 bits per heavy atom. The van der Waals surface area contributed by atoms with Crippen molar-refractivity contribution in [1.29, 1.82) is 0 Å². The van der Waals surface area contributed by atoms with Gasteiger partial charge in [-0.2, -0.15) is 0 Å². The summed E-state index contributed by atoms with van der Waals surface area (Å²) in [5, 5.41) is 11.7. The van der Waals surface area contributed by atoms with Crippen LogP contribution < -0.4 is 5.32 Å². The standard InChI is InChI=1S/C14H26N2O3.ClH/c1-11(14(18)19)16(2)10-13(17)15-9-8-12-6-4-3-5-7-12;/h11-12H,3-10H2,1-2H3,(H,15,17)(H,18,19);1H. The Labute approximate surface area is 127 Å². The molecule has 1 aliphatic carbocycles. The molecule has 1 unspecified atom stereocenters. The van der Waals surface area contributed by atoms with Crippen LogP contribution >= 0.6 is 12.4 Å². The second-order valence-electron chi connectivity index (χ2n) is 5.57. The fraction of sp³-hybridized carbons (Fsp3) is 0.857. The predicted molar refractivity (Wildman–Crippen MR) is 81.2 cm³/mol. The number of nitrogens with zero attached hydrogens (tertiary/aromatic N) is 1. The fourth-order valence-electron chi connectivity index (χ4n) is 2.50. The monoisotopic (exact) mass is 306 g/mol. The number of nitrogens with one attached hydrogen (secondary N) is 1. The van der Waals surface area contributed by atoms with Crippen molar-refractivity contribution in [3.8, 4) is 0 Å². The molecule has 1 atom stereocenters. The van der Waals surface area contributed by atoms with Gasteiger partial charge in [-0.1, -0.05) is 32.1 Å². The topological polar surface area (TPSA) is 69.6 Å². The van der Waals surface area contributed by atoms with Crippen molar-refractivity contribution in [2.24, 2.45) is 5.92 Å². The van der Waals surface area contributed by atoms with E-state index in [9.17, 15) is 9.59 Å². The molecule has 5 nitrogen and oxygen atoms in total. The quantitative estimate of drug-likeness (QED) is 0.754. The van der Waals surface area contributed by atoms with Gasteiger partial charge >= 0.3 is 5.97 Å². The summed E-state index contributed by atoms with van der Waals surface area (Å²) in [7, 11) is 1.65. The first-order valence-corrected chi connectivity index (χ1v) is 7.20. The van der Waals surface area contributed by atoms with Crippen LogP contribution in [0.2, 0.25) is 0 Å². The van der Waals surface area contributed by atoms with Crippen molar-refractivity contribution < 1.29 is 14.7 Å². The maximum absolute atomic E-state index is 11.7. The number of carboxylic acids is 1. The highest BCUT2D eigenvalue weighted by Crippen LogP contribution is 2.25. The molecule has 1 amide bonds. The van der Waals surface area contributed by atoms with Crippen molar-refractivity contribution in [1.82, 2.24) is 10.2 Å². The third-order valence-corrected chi connectivity index (χ3v) is 4.01. The molecule has 0 heterocycles. The number of hydrogen-bond donors (Lipinski definition) is 2. The van der Waals surface area contributed by atoms with E-state index in [-0.39, 0.29) is 24.9 Å². The summed E-state index contributed by atoms with van der Waals surface area (Å²) in [6.45, 7) is 2.43. The third-order valence-electron chi connectivity index (χ3n) is 4.01. The van der Waals surface area contributed by atoms with Crippen molar-refractivity contribution in [3.05, 3.63) is 0 Å². The van der Waals surface area contributed by atoms with Crippen LogP contribution in [-0.2, 0) is 9.59 Å². The largest absolute Gasteiger partial charge is 0.480 e. The van der Waals surface area contributed by atoms with Crippen LogP contribution in [0.15, 0.2) is 0 Å². The van der Waals surface area contributed by atoms with Gasteiger partial charge in [-0.25, -0.2) is 0 Å². The molecule has 0 bridgehead atoms. The summed E-state index contributed by atoms with van der Waals surface area (Å²) in [5.41, 5.74) is 0. The molecule has 2 N–H and O–H groups in total. The second kappa shape index (κ2) is 10.00. The van der Waals surface area contributed by atoms with Crippen LogP contribution in [0.25, 0.3) is 0 Å². The Balaban J connectivity index is 0.00000361. The number of hydrogen-bond acceptors (Lipinski definition) is 3. The number of carbonyl (C=O) groups is 2. The molecule has 1 rings (SSSR count). The first-order chi connectivity index (χ1) is 9.00. The van der Waals surface area contributed by atoms with Gasteiger partial charge in [0.05, 0.1) is 6.54 Å². The number of carboxylic acid groups (broad SMARTS) is 1. The molecule has 0 aromatic heterocycles. The first-order valence-electron chi connectivity index (χ1n) is 7.20. The predicted octanol–water partition coefficient (Wildman–Crippen LogP) is 1.90. The number of aliphatic carboxylic acids is 1. The average molecular weight is 307 g/mol. The normalized spacial score (nSPS) is 17.4. The summed E-state index contributed by atoms with van der Waals surface area (Å²) in [4.78, 5) is 24.0. The molecule has 0 saturated heterocycles. The van der Waals surface area contributed by atoms with Crippen LogP contribution in [-0.4, -0.2) is 48.1 Å². The zero-order valence-electron chi connectivity index (χ0n) is 12.4. The Hall–Kier alpha value is -0.810. The van der Waals surface area contributed by atoms with Crippen LogP contribution in [0.4, 0.5) is 0 Å². The molecular formula is C14H27ClN2O3. The average Bonchev–Trinajstić information content (AvgIpc) is 2.38. The zero-order chi connectivity index (χ0) is 14.3. The van der Waals surface area contributed by atoms with Crippen LogP contribution in [0.5, 0.6) is 0 Å². The fourth-order valence-corrected chi connectivity index (χ4v) is 2.50. The van der Waals surface area contributed by atoms with Gasteiger partial charge in [-0.3, -0.25) is 14.5 Å². The van der Waals surface area contributed by atoms with E-state index in [0.29, 0.717) is 6.54 Å². The highest BCUT2D eigenvalue weighted by molar-refractivity contribution is 5.85. The highest BCUT2D eigenvalue weighted by atomic mass is 35.5. The Morgan fingerprint density at radius 1 is 1.30 bits per heavy atom. The summed E-state index contributed by atoms with van der Waals surface area (Å²) < 4.78 is 0. The van der Waals surface area contributed by atoms with E-state index in [2.05, 4.69) is 5.32 Å². The molecule has 118 valence electrons. The summed E-state index contributed by atoms with van der Waals surface area (Å²) in [6, 6.07) is -0.635. The Morgan fingerprint density at radius 2 is 1.90 bits per heavy atom. The minimum absolute atomic E-state index is 0. The van der Waals surface area contributed by atoms with E-state index in [1.54, 1.807) is 14.0 Å². The summed E-state index contributed by atoms with van der Waals surface area (Å²) in [6.07, 6.45) is 7.59. The number of likely N-dealkylation sites (N-methyl/N-ethyl adjacent to an activating group) is 1. The van der Waals surface area contributed by atoms with Gasteiger partial charge in [0.2, 0.25) is 5.91 Å². The second-order valence-corrected chi connectivity index (χ2v) is 5.57. The van der Waals surface area contributed by atoms with E-state index >= 15 is 0 Å². The zero-order valence-corrected chi connectivity index (χ0v) is 13.2. The number of rotatable bonds is 7. The molecule has 1 aliphatic rings. The molecule has 0 radical (unpaired) electrons. The van der Waals surface area contributed by atoms with E-state index in [1.165, 1.54) is 37.0 Å². The number of carbonyl (C=O) groups excluding carboxylic acids is 1. The third kappa shape index (κ3) is 7.10. The SMILES string of the molecule is CC(C(=O)O)N(C)CC(=O)NCCC1CCCCC1.Cl. The minimum atomic E-state index is -0.905. The van der Waals surface area contributed by atoms with Crippen LogP contribution in [0, 0.1) is 5.92 Å². The molecule has 1 fully saturated rings. The van der Waals surface area contributed by atoms with Gasteiger partial charge in [-0.15, -0.1) is 12.4 Å². The van der Waals surface area contributed by atoms with Gasteiger partial charge in [0.1, 0.15) is 6.04 Å². The molecule has 1 saturated carbocycles. The maximum Gasteiger partial charge on any atom is 0.320 e. The van der Waals surface area contributed by atoms with Crippen molar-refractivity contribution in [2.45, 2.75) is 51.5 Å². The molecule has 0 aromatic rings. The van der Waals surface area contributed by atoms with Crippen LogP contribution in [0.1, 0.15) is 45.4 Å². The first kappa shape index (κ1) is 19.2. The Bertz CT molecular complexity index is 307. The van der Waals surface area contributed by atoms with Crippen molar-refractivity contribution in [3.63, 3.8) is 0 Å². The Kier molecular flexibility index (Phi) is 9.59. The lowest BCUT2D eigenvalue weighted by molar-refractivity contribution is -0.142. The highest BCUT2D eigenvalue weighted by Gasteiger charge is 2.19. The molecule has 0 aliphatic heterocycles. The maximum atomic E-state index is 11.7. The molecule has 6 heteroatoms. The van der Waals surface area contributed by atoms with E-state index in [4.69, 9.17) is 5.11 Å². The summed E-state index contributed by atoms with van der Waals surface area (Å²) >= 11 is 0. The lowest BCUT2D eigenvalue weighted by atomic mass is 9.87. The smallest absolute Gasteiger partial charge is 0.320 e. The van der Waals surface area contributed by atoms with E-state index < -0.39 is 12.0 Å². The van der Waals surface area contributed by atoms with Crippen LogP contribution in [0.3, 0.4) is 0 Å². The lowest BCUT2D eigenvalue weighted by Gasteiger charge is -2.22. The molecular weight excluding hydrogens is 280 g/mol.